The van der Waals surface area contributed by atoms with Crippen molar-refractivity contribution in [2.24, 2.45) is 5.16 Å². The van der Waals surface area contributed by atoms with E-state index < -0.39 is 11.9 Å². The van der Waals surface area contributed by atoms with Crippen LogP contribution in [0.2, 0.25) is 0 Å². The van der Waals surface area contributed by atoms with Crippen molar-refractivity contribution in [1.82, 2.24) is 4.98 Å². The van der Waals surface area contributed by atoms with E-state index in [1.165, 1.54) is 5.38 Å². The summed E-state index contributed by atoms with van der Waals surface area (Å²) in [6, 6.07) is 0. The maximum atomic E-state index is 11.6. The van der Waals surface area contributed by atoms with Crippen LogP contribution in [-0.4, -0.2) is 29.2 Å². The third-order valence-corrected chi connectivity index (χ3v) is 2.43. The lowest BCUT2D eigenvalue weighted by molar-refractivity contribution is -0.143. The van der Waals surface area contributed by atoms with Gasteiger partial charge in [-0.15, -0.1) is 11.3 Å². The molecule has 0 aliphatic carbocycles. The van der Waals surface area contributed by atoms with Gasteiger partial charge in [-0.1, -0.05) is 12.1 Å². The molecular weight excluding hydrogens is 258 g/mol. The Morgan fingerprint density at radius 1 is 1.50 bits per heavy atom. The van der Waals surface area contributed by atoms with Gasteiger partial charge in [0, 0.05) is 11.8 Å². The molecule has 0 saturated heterocycles. The highest BCUT2D eigenvalue weighted by molar-refractivity contribution is 7.13. The van der Waals surface area contributed by atoms with E-state index in [1.54, 1.807) is 13.8 Å². The fourth-order valence-corrected chi connectivity index (χ4v) is 1.49. The van der Waals surface area contributed by atoms with Crippen molar-refractivity contribution < 1.29 is 19.2 Å². The molecule has 0 fully saturated rings. The number of esters is 1. The Hall–Kier alpha value is -1.96. The predicted molar refractivity (Wildman–Crippen MR) is 66.1 cm³/mol. The Morgan fingerprint density at radius 2 is 2.22 bits per heavy atom. The maximum Gasteiger partial charge on any atom is 0.362 e. The zero-order chi connectivity index (χ0) is 13.5. The summed E-state index contributed by atoms with van der Waals surface area (Å²) >= 11 is 1.15. The number of carbonyl (C=O) groups is 2. The van der Waals surface area contributed by atoms with Crippen LogP contribution in [0.15, 0.2) is 10.5 Å². The molecule has 0 aliphatic heterocycles. The monoisotopic (exact) mass is 271 g/mol. The van der Waals surface area contributed by atoms with Gasteiger partial charge in [-0.05, 0) is 6.92 Å². The summed E-state index contributed by atoms with van der Waals surface area (Å²) in [5.41, 5.74) is 5.51. The number of carbonyl (C=O) groups excluding carboxylic acids is 2. The number of aromatic nitrogens is 1. The lowest BCUT2D eigenvalue weighted by atomic mass is 10.3. The van der Waals surface area contributed by atoms with Crippen LogP contribution in [0.4, 0.5) is 5.13 Å². The third-order valence-electron chi connectivity index (χ3n) is 1.76. The Kier molecular flexibility index (Phi) is 5.25. The molecule has 0 saturated carbocycles. The van der Waals surface area contributed by atoms with Gasteiger partial charge in [-0.25, -0.2) is 14.6 Å². The van der Waals surface area contributed by atoms with Gasteiger partial charge >= 0.3 is 11.9 Å². The van der Waals surface area contributed by atoms with Gasteiger partial charge in [0.15, 0.2) is 5.13 Å². The van der Waals surface area contributed by atoms with Gasteiger partial charge in [0.05, 0.1) is 6.61 Å². The number of rotatable bonds is 5. The normalized spacial score (nSPS) is 11.1. The minimum absolute atomic E-state index is 0.152. The average molecular weight is 271 g/mol. The molecule has 98 valence electrons. The molecule has 8 heteroatoms. The number of thiazole rings is 1. The van der Waals surface area contributed by atoms with Crippen molar-refractivity contribution in [3.63, 3.8) is 0 Å². The highest BCUT2D eigenvalue weighted by atomic mass is 32.1. The third kappa shape index (κ3) is 3.81. The second kappa shape index (κ2) is 6.70. The topological polar surface area (TPSA) is 104 Å². The summed E-state index contributed by atoms with van der Waals surface area (Å²) in [5, 5.41) is 5.29. The largest absolute Gasteiger partial charge is 0.461 e. The fourth-order valence-electron chi connectivity index (χ4n) is 0.946. The average Bonchev–Trinajstić information content (AvgIpc) is 2.76. The number of nitrogens with two attached hydrogens (primary N) is 1. The molecule has 0 amide bonds. The molecule has 0 radical (unpaired) electrons. The fraction of sp³-hybridized carbons (Fsp3) is 0.400. The molecule has 0 bridgehead atoms. The second-order valence-corrected chi connectivity index (χ2v) is 3.94. The van der Waals surface area contributed by atoms with E-state index in [4.69, 9.17) is 10.5 Å². The minimum atomic E-state index is -0.716. The summed E-state index contributed by atoms with van der Waals surface area (Å²) in [7, 11) is 0. The van der Waals surface area contributed by atoms with E-state index in [-0.39, 0.29) is 29.6 Å². The minimum Gasteiger partial charge on any atom is -0.461 e. The molecule has 1 aromatic heterocycles. The van der Waals surface area contributed by atoms with E-state index in [9.17, 15) is 9.59 Å². The van der Waals surface area contributed by atoms with Crippen molar-refractivity contribution in [3.05, 3.63) is 11.1 Å². The van der Waals surface area contributed by atoms with E-state index in [0.29, 0.717) is 0 Å². The van der Waals surface area contributed by atoms with Crippen molar-refractivity contribution in [2.45, 2.75) is 20.3 Å². The van der Waals surface area contributed by atoms with Gasteiger partial charge in [0.1, 0.15) is 5.69 Å². The lowest BCUT2D eigenvalue weighted by Crippen LogP contribution is -2.20. The second-order valence-electron chi connectivity index (χ2n) is 3.05. The lowest BCUT2D eigenvalue weighted by Gasteiger charge is -2.02. The summed E-state index contributed by atoms with van der Waals surface area (Å²) in [6.45, 7) is 3.45. The summed E-state index contributed by atoms with van der Waals surface area (Å²) in [6.07, 6.45) is 0.152. The Balaban J connectivity index is 2.95. The molecule has 1 rings (SSSR count). The van der Waals surface area contributed by atoms with Crippen LogP contribution in [0, 0.1) is 0 Å². The van der Waals surface area contributed by atoms with Crippen molar-refractivity contribution in [3.8, 4) is 0 Å². The molecule has 1 aromatic rings. The first-order valence-electron chi connectivity index (χ1n) is 5.24. The molecule has 2 N–H and O–H groups in total. The van der Waals surface area contributed by atoms with Crippen LogP contribution in [0.3, 0.4) is 0 Å². The van der Waals surface area contributed by atoms with Gasteiger partial charge in [0.25, 0.3) is 0 Å². The van der Waals surface area contributed by atoms with Crippen LogP contribution >= 0.6 is 11.3 Å². The molecular formula is C10H13N3O4S. The predicted octanol–water partition coefficient (Wildman–Crippen LogP) is 0.946. The number of ether oxygens (including phenoxy) is 1. The van der Waals surface area contributed by atoms with Crippen molar-refractivity contribution in [1.29, 1.82) is 0 Å². The van der Waals surface area contributed by atoms with Gasteiger partial charge in [0.2, 0.25) is 5.71 Å². The Labute approximate surface area is 108 Å². The van der Waals surface area contributed by atoms with Crippen molar-refractivity contribution >= 4 is 34.1 Å². The molecule has 18 heavy (non-hydrogen) atoms. The molecule has 0 spiro atoms. The van der Waals surface area contributed by atoms with E-state index in [1.807, 2.05) is 0 Å². The van der Waals surface area contributed by atoms with E-state index in [0.717, 1.165) is 11.3 Å². The Bertz CT molecular complexity index is 469. The summed E-state index contributed by atoms with van der Waals surface area (Å²) in [5.74, 6) is -1.27. The molecule has 1 heterocycles. The van der Waals surface area contributed by atoms with Crippen LogP contribution in [0.25, 0.3) is 0 Å². The van der Waals surface area contributed by atoms with Gasteiger partial charge in [-0.3, -0.25) is 0 Å². The number of hydrogen-bond donors (Lipinski definition) is 1. The van der Waals surface area contributed by atoms with E-state index in [2.05, 4.69) is 15.0 Å². The summed E-state index contributed by atoms with van der Waals surface area (Å²) < 4.78 is 4.80. The van der Waals surface area contributed by atoms with Crippen LogP contribution in [0.5, 0.6) is 0 Å². The first-order chi connectivity index (χ1) is 8.58. The number of nitrogen functional groups attached to an aromatic ring is 1. The smallest absolute Gasteiger partial charge is 0.362 e. The van der Waals surface area contributed by atoms with Crippen molar-refractivity contribution in [2.75, 3.05) is 12.3 Å². The standard InChI is InChI=1S/C10H13N3O4S/c1-3-7(14)17-13-8(9(15)16-4-2)6-5-18-10(11)12-6/h5H,3-4H2,1-2H3,(H2,11,12)/b13-8-. The van der Waals surface area contributed by atoms with Crippen LogP contribution in [0.1, 0.15) is 26.0 Å². The Morgan fingerprint density at radius 3 is 2.72 bits per heavy atom. The van der Waals surface area contributed by atoms with Gasteiger partial charge in [-0.2, -0.15) is 0 Å². The molecule has 0 aliphatic rings. The quantitative estimate of drug-likeness (QED) is 0.370. The van der Waals surface area contributed by atoms with Crippen LogP contribution in [-0.2, 0) is 19.2 Å². The molecule has 0 aromatic carbocycles. The highest BCUT2D eigenvalue weighted by Crippen LogP contribution is 2.13. The number of anilines is 1. The molecule has 0 atom stereocenters. The number of oxime groups is 1. The van der Waals surface area contributed by atoms with E-state index >= 15 is 0 Å². The maximum absolute atomic E-state index is 11.6. The number of nitrogens with zero attached hydrogens (tertiary/aromatic N) is 2. The highest BCUT2D eigenvalue weighted by Gasteiger charge is 2.20. The van der Waals surface area contributed by atoms with Gasteiger partial charge < -0.3 is 15.3 Å². The zero-order valence-corrected chi connectivity index (χ0v) is 10.8. The first kappa shape index (κ1) is 14.1. The molecule has 0 unspecified atom stereocenters. The zero-order valence-electron chi connectivity index (χ0n) is 10.0. The number of hydrogen-bond acceptors (Lipinski definition) is 8. The summed E-state index contributed by atoms with van der Waals surface area (Å²) in [4.78, 5) is 31.1. The SMILES string of the molecule is CCOC(=O)/C(=N\OC(=O)CC)c1csc(N)n1. The molecule has 7 nitrogen and oxygen atoms in total. The van der Waals surface area contributed by atoms with Crippen LogP contribution < -0.4 is 5.73 Å². The first-order valence-corrected chi connectivity index (χ1v) is 6.12.